The number of unbranched alkanes of at least 4 members (excludes halogenated alkanes) is 1. The van der Waals surface area contributed by atoms with Gasteiger partial charge in [0, 0.05) is 50.0 Å². The highest BCUT2D eigenvalue weighted by Gasteiger charge is 2.37. The van der Waals surface area contributed by atoms with Gasteiger partial charge in [-0.1, -0.05) is 101 Å². The summed E-state index contributed by atoms with van der Waals surface area (Å²) in [6.07, 6.45) is 10.7. The molecule has 4 aromatic rings. The zero-order chi connectivity index (χ0) is 29.9. The molecule has 0 saturated heterocycles. The van der Waals surface area contributed by atoms with Gasteiger partial charge in [-0.2, -0.15) is 0 Å². The predicted octanol–water partition coefficient (Wildman–Crippen LogP) is 12.1. The highest BCUT2D eigenvalue weighted by atomic mass is 32.2. The normalized spacial score (nSPS) is 16.9. The van der Waals surface area contributed by atoms with E-state index < -0.39 is 0 Å². The van der Waals surface area contributed by atoms with Gasteiger partial charge in [0.25, 0.3) is 0 Å². The third-order valence-electron chi connectivity index (χ3n) is 8.97. The minimum atomic E-state index is -0.00679. The van der Waals surface area contributed by atoms with Crippen molar-refractivity contribution in [1.29, 1.82) is 0 Å². The average Bonchev–Trinajstić information content (AvgIpc) is 3.25. The van der Waals surface area contributed by atoms with E-state index in [1.807, 2.05) is 25.6 Å². The summed E-state index contributed by atoms with van der Waals surface area (Å²) in [7, 11) is 2.26. The van der Waals surface area contributed by atoms with Crippen LogP contribution in [0.4, 0.5) is 0 Å². The van der Waals surface area contributed by atoms with Gasteiger partial charge in [0.05, 0.1) is 0 Å². The van der Waals surface area contributed by atoms with Crippen LogP contribution in [0.5, 0.6) is 0 Å². The van der Waals surface area contributed by atoms with Crippen molar-refractivity contribution in [2.24, 2.45) is 7.05 Å². The van der Waals surface area contributed by atoms with E-state index in [-0.39, 0.29) is 5.41 Å². The maximum absolute atomic E-state index is 3.00. The van der Waals surface area contributed by atoms with E-state index in [4.69, 9.17) is 0 Å². The third-order valence-corrected chi connectivity index (χ3v) is 10.3. The predicted molar refractivity (Wildman–Crippen MR) is 185 cm³/mol. The van der Waals surface area contributed by atoms with Crippen LogP contribution in [-0.2, 0) is 12.5 Å². The molecule has 0 amide bonds. The molecule has 0 saturated carbocycles. The van der Waals surface area contributed by atoms with Crippen LogP contribution >= 0.6 is 11.8 Å². The number of thioether (sulfide) groups is 1. The first-order chi connectivity index (χ1) is 19.8. The molecule has 2 heteroatoms. The van der Waals surface area contributed by atoms with E-state index in [1.54, 1.807) is 0 Å². The fourth-order valence-corrected chi connectivity index (χ4v) is 7.80. The van der Waals surface area contributed by atoms with Crippen LogP contribution in [-0.4, -0.2) is 4.57 Å². The maximum Gasteiger partial charge on any atom is 0.0500 e. The lowest BCUT2D eigenvalue weighted by Gasteiger charge is -2.40. The SMILES string of the molecule is C=C.CC.CCCCC1c2ccccc2C(C)(C)c2cc3c4cc(C)c(SC5=C(C)CCC=C5)cc4n(C)c3cc21. The molecule has 0 aliphatic heterocycles. The zero-order valence-corrected chi connectivity index (χ0v) is 27.5. The summed E-state index contributed by atoms with van der Waals surface area (Å²) < 4.78 is 2.44. The molecular formula is C39H49NS. The number of hydrogen-bond donors (Lipinski definition) is 0. The Labute approximate surface area is 253 Å². The summed E-state index contributed by atoms with van der Waals surface area (Å²) in [5.41, 5.74) is 11.7. The van der Waals surface area contributed by atoms with Gasteiger partial charge in [-0.25, -0.2) is 0 Å². The first kappa shape index (κ1) is 31.0. The Morgan fingerprint density at radius 3 is 2.32 bits per heavy atom. The Kier molecular flexibility index (Phi) is 9.75. The van der Waals surface area contributed by atoms with E-state index in [9.17, 15) is 0 Å². The molecule has 0 fully saturated rings. The van der Waals surface area contributed by atoms with Gasteiger partial charge in [-0.3, -0.25) is 0 Å². The molecule has 0 bridgehead atoms. The van der Waals surface area contributed by atoms with Gasteiger partial charge in [-0.05, 0) is 85.2 Å². The Morgan fingerprint density at radius 2 is 1.61 bits per heavy atom. The number of hydrogen-bond acceptors (Lipinski definition) is 1. The summed E-state index contributed by atoms with van der Waals surface area (Å²) in [5, 5.41) is 2.78. The molecule has 216 valence electrons. The van der Waals surface area contributed by atoms with E-state index >= 15 is 0 Å². The third kappa shape index (κ3) is 5.48. The fourth-order valence-electron chi connectivity index (χ4n) is 6.73. The lowest BCUT2D eigenvalue weighted by atomic mass is 9.64. The Morgan fingerprint density at radius 1 is 0.927 bits per heavy atom. The van der Waals surface area contributed by atoms with Crippen molar-refractivity contribution >= 4 is 33.6 Å². The number of nitrogens with zero attached hydrogens (tertiary/aromatic N) is 1. The molecule has 1 atom stereocenters. The number of allylic oxidation sites excluding steroid dienone is 3. The minimum absolute atomic E-state index is 0.00679. The molecule has 6 rings (SSSR count). The van der Waals surface area contributed by atoms with Crippen molar-refractivity contribution in [2.75, 3.05) is 0 Å². The molecule has 3 aromatic carbocycles. The van der Waals surface area contributed by atoms with Gasteiger partial charge < -0.3 is 4.57 Å². The summed E-state index contributed by atoms with van der Waals surface area (Å²) in [6.45, 7) is 21.7. The summed E-state index contributed by atoms with van der Waals surface area (Å²) in [4.78, 5) is 2.79. The highest BCUT2D eigenvalue weighted by Crippen LogP contribution is 2.50. The summed E-state index contributed by atoms with van der Waals surface area (Å²) in [5.74, 6) is 0.474. The van der Waals surface area contributed by atoms with Crippen molar-refractivity contribution < 1.29 is 0 Å². The molecule has 0 spiro atoms. The molecular weight excluding hydrogens is 515 g/mol. The molecule has 0 radical (unpaired) electrons. The zero-order valence-electron chi connectivity index (χ0n) is 26.7. The smallest absolute Gasteiger partial charge is 0.0500 e. The van der Waals surface area contributed by atoms with Crippen LogP contribution in [0, 0.1) is 6.92 Å². The standard InChI is InChI=1S/C35H39NS.C2H6.C2H4/c1-7-8-14-24-25-15-10-11-16-29(25)35(4,5)30-19-28-27-18-23(3)34(37-33-17-12-9-13-22(33)2)21-32(27)36(6)31(28)20-26(24)30;2*1-2/h10-12,15-21,24H,7-9,13-14H2,1-6H3;1-2H3;1-2H2. The molecule has 2 aliphatic rings. The van der Waals surface area contributed by atoms with Gasteiger partial charge in [0.2, 0.25) is 0 Å². The van der Waals surface area contributed by atoms with Crippen LogP contribution < -0.4 is 0 Å². The summed E-state index contributed by atoms with van der Waals surface area (Å²) >= 11 is 1.94. The minimum Gasteiger partial charge on any atom is -0.344 e. The lowest BCUT2D eigenvalue weighted by molar-refractivity contribution is 0.554. The van der Waals surface area contributed by atoms with Gasteiger partial charge >= 0.3 is 0 Å². The largest absolute Gasteiger partial charge is 0.344 e. The number of aromatic nitrogens is 1. The molecule has 2 aliphatic carbocycles. The van der Waals surface area contributed by atoms with E-state index in [0.717, 1.165) is 0 Å². The Bertz CT molecular complexity index is 1610. The lowest BCUT2D eigenvalue weighted by Crippen LogP contribution is -2.29. The molecule has 1 heterocycles. The Balaban J connectivity index is 0.000000929. The van der Waals surface area contributed by atoms with Crippen molar-refractivity contribution in [1.82, 2.24) is 4.57 Å². The maximum atomic E-state index is 3.00. The Hall–Kier alpha value is -2.97. The number of fused-ring (bicyclic) bond motifs is 5. The average molecular weight is 564 g/mol. The van der Waals surface area contributed by atoms with Gasteiger partial charge in [0.15, 0.2) is 0 Å². The van der Waals surface area contributed by atoms with Gasteiger partial charge in [-0.15, -0.1) is 13.2 Å². The highest BCUT2D eigenvalue weighted by molar-refractivity contribution is 8.03. The first-order valence-electron chi connectivity index (χ1n) is 15.5. The van der Waals surface area contributed by atoms with E-state index in [1.165, 1.54) is 97.1 Å². The molecule has 1 unspecified atom stereocenters. The van der Waals surface area contributed by atoms with E-state index in [2.05, 4.69) is 120 Å². The van der Waals surface area contributed by atoms with Crippen molar-refractivity contribution in [3.05, 3.63) is 112 Å². The van der Waals surface area contributed by atoms with Crippen LogP contribution in [0.2, 0.25) is 0 Å². The van der Waals surface area contributed by atoms with Crippen molar-refractivity contribution in [3.8, 4) is 0 Å². The van der Waals surface area contributed by atoms with Crippen molar-refractivity contribution in [2.45, 2.75) is 96.8 Å². The van der Waals surface area contributed by atoms with Crippen LogP contribution in [0.15, 0.2) is 89.2 Å². The first-order valence-corrected chi connectivity index (χ1v) is 16.3. The number of benzene rings is 3. The fraction of sp³-hybridized carbons (Fsp3) is 0.385. The van der Waals surface area contributed by atoms with Gasteiger partial charge in [0.1, 0.15) is 0 Å². The van der Waals surface area contributed by atoms with Crippen LogP contribution in [0.25, 0.3) is 21.8 Å². The second-order valence-corrected chi connectivity index (χ2v) is 12.8. The topological polar surface area (TPSA) is 4.93 Å². The van der Waals surface area contributed by atoms with Crippen LogP contribution in [0.3, 0.4) is 0 Å². The molecule has 1 nitrogen and oxygen atoms in total. The second-order valence-electron chi connectivity index (χ2n) is 11.7. The monoisotopic (exact) mass is 563 g/mol. The molecule has 41 heavy (non-hydrogen) atoms. The molecule has 1 aromatic heterocycles. The summed E-state index contributed by atoms with van der Waals surface area (Å²) in [6, 6.07) is 19.2. The number of aryl methyl sites for hydroxylation is 2. The quantitative estimate of drug-likeness (QED) is 0.219. The second kappa shape index (κ2) is 12.9. The molecule has 0 N–H and O–H groups in total. The number of rotatable bonds is 5. The van der Waals surface area contributed by atoms with Crippen LogP contribution in [0.1, 0.15) is 107 Å². The van der Waals surface area contributed by atoms with E-state index in [0.29, 0.717) is 5.92 Å². The van der Waals surface area contributed by atoms with Crippen molar-refractivity contribution in [3.63, 3.8) is 0 Å².